The molecule has 0 radical (unpaired) electrons. The van der Waals surface area contributed by atoms with Crippen molar-refractivity contribution in [3.63, 3.8) is 0 Å². The van der Waals surface area contributed by atoms with Crippen molar-refractivity contribution in [1.82, 2.24) is 9.97 Å². The number of rotatable bonds is 3. The fraction of sp³-hybridized carbons (Fsp3) is 0. The number of aromatic nitrogens is 2. The molecule has 6 heteroatoms. The summed E-state index contributed by atoms with van der Waals surface area (Å²) >= 11 is 9.02. The highest BCUT2D eigenvalue weighted by Crippen LogP contribution is 2.31. The number of nitrogens with zero attached hydrogens (tertiary/aromatic N) is 2. The Kier molecular flexibility index (Phi) is 4.06. The fourth-order valence-corrected chi connectivity index (χ4v) is 3.90. The molecule has 0 aliphatic carbocycles. The topological polar surface area (TPSA) is 51.8 Å². The van der Waals surface area contributed by atoms with Crippen molar-refractivity contribution in [3.05, 3.63) is 64.3 Å². The highest BCUT2D eigenvalue weighted by atomic mass is 35.5. The molecule has 2 heterocycles. The maximum absolute atomic E-state index is 5.94. The molecule has 0 amide bonds. The molecule has 118 valence electrons. The van der Waals surface area contributed by atoms with Crippen LogP contribution in [0.5, 0.6) is 0 Å². The van der Waals surface area contributed by atoms with Gasteiger partial charge in [0, 0.05) is 32.5 Å². The van der Waals surface area contributed by atoms with E-state index < -0.39 is 0 Å². The van der Waals surface area contributed by atoms with Gasteiger partial charge in [-0.05, 0) is 12.1 Å². The molecule has 2 aromatic carbocycles. The third-order valence-electron chi connectivity index (χ3n) is 3.59. The first-order chi connectivity index (χ1) is 11.7. The van der Waals surface area contributed by atoms with Crippen LogP contribution in [0.1, 0.15) is 0 Å². The van der Waals surface area contributed by atoms with Gasteiger partial charge in [-0.2, -0.15) is 0 Å². The van der Waals surface area contributed by atoms with Crippen LogP contribution in [0, 0.1) is 0 Å². The molecule has 0 aliphatic rings. The van der Waals surface area contributed by atoms with E-state index in [4.69, 9.17) is 22.3 Å². The van der Waals surface area contributed by atoms with Crippen LogP contribution in [-0.4, -0.2) is 9.97 Å². The molecule has 0 saturated carbocycles. The lowest BCUT2D eigenvalue weighted by Gasteiger charge is -2.00. The van der Waals surface area contributed by atoms with Gasteiger partial charge in [0.05, 0.1) is 11.4 Å². The number of anilines is 1. The van der Waals surface area contributed by atoms with Gasteiger partial charge < -0.3 is 5.73 Å². The summed E-state index contributed by atoms with van der Waals surface area (Å²) in [6.07, 6.45) is 0. The third-order valence-corrected chi connectivity index (χ3v) is 5.41. The van der Waals surface area contributed by atoms with Crippen LogP contribution in [0.3, 0.4) is 0 Å². The van der Waals surface area contributed by atoms with Gasteiger partial charge in [0.15, 0.2) is 5.13 Å². The molecule has 4 rings (SSSR count). The summed E-state index contributed by atoms with van der Waals surface area (Å²) in [5.41, 5.74) is 10.8. The highest BCUT2D eigenvalue weighted by molar-refractivity contribution is 7.14. The predicted octanol–water partition coefficient (Wildman–Crippen LogP) is 5.84. The number of nitrogens with two attached hydrogens (primary N) is 1. The Bertz CT molecular complexity index is 972. The van der Waals surface area contributed by atoms with Crippen molar-refractivity contribution >= 4 is 39.4 Å². The zero-order chi connectivity index (χ0) is 16.5. The lowest BCUT2D eigenvalue weighted by molar-refractivity contribution is 1.39. The quantitative estimate of drug-likeness (QED) is 0.493. The van der Waals surface area contributed by atoms with Crippen LogP contribution in [-0.2, 0) is 0 Å². The largest absolute Gasteiger partial charge is 0.375 e. The van der Waals surface area contributed by atoms with Crippen molar-refractivity contribution in [1.29, 1.82) is 0 Å². The first-order valence-electron chi connectivity index (χ1n) is 7.22. The van der Waals surface area contributed by atoms with E-state index in [1.54, 1.807) is 11.3 Å². The molecule has 0 saturated heterocycles. The normalized spacial score (nSPS) is 10.9. The van der Waals surface area contributed by atoms with Crippen LogP contribution in [0.25, 0.3) is 33.1 Å². The SMILES string of the molecule is Nc1nc(-c2ccc(-c3nc(-c4ccc(Cl)cc4)cs3)cc2)cs1. The lowest BCUT2D eigenvalue weighted by atomic mass is 10.1. The van der Waals surface area contributed by atoms with E-state index in [0.29, 0.717) is 5.13 Å². The number of halogens is 1. The monoisotopic (exact) mass is 369 g/mol. The van der Waals surface area contributed by atoms with Gasteiger partial charge >= 0.3 is 0 Å². The number of nitrogen functional groups attached to an aromatic ring is 1. The summed E-state index contributed by atoms with van der Waals surface area (Å²) in [4.78, 5) is 9.04. The van der Waals surface area contributed by atoms with Crippen LogP contribution in [0.15, 0.2) is 59.3 Å². The Hall–Kier alpha value is -2.21. The molecule has 3 nitrogen and oxygen atoms in total. The van der Waals surface area contributed by atoms with E-state index in [9.17, 15) is 0 Å². The number of benzene rings is 2. The van der Waals surface area contributed by atoms with Crippen LogP contribution in [0.4, 0.5) is 5.13 Å². The molecule has 2 N–H and O–H groups in total. The van der Waals surface area contributed by atoms with Gasteiger partial charge in [0.1, 0.15) is 5.01 Å². The second kappa shape index (κ2) is 6.36. The fourth-order valence-electron chi connectivity index (χ4n) is 2.36. The van der Waals surface area contributed by atoms with Crippen molar-refractivity contribution in [3.8, 4) is 33.1 Å². The van der Waals surface area contributed by atoms with E-state index in [0.717, 1.165) is 38.1 Å². The Morgan fingerprint density at radius 1 is 0.708 bits per heavy atom. The lowest BCUT2D eigenvalue weighted by Crippen LogP contribution is -1.83. The van der Waals surface area contributed by atoms with E-state index >= 15 is 0 Å². The van der Waals surface area contributed by atoms with Crippen LogP contribution < -0.4 is 5.73 Å². The van der Waals surface area contributed by atoms with Crippen molar-refractivity contribution in [2.45, 2.75) is 0 Å². The van der Waals surface area contributed by atoms with Gasteiger partial charge in [-0.1, -0.05) is 48.0 Å². The highest BCUT2D eigenvalue weighted by Gasteiger charge is 2.08. The maximum Gasteiger partial charge on any atom is 0.180 e. The minimum atomic E-state index is 0.585. The van der Waals surface area contributed by atoms with E-state index in [2.05, 4.69) is 22.5 Å². The Morgan fingerprint density at radius 3 is 1.88 bits per heavy atom. The maximum atomic E-state index is 5.94. The molecule has 0 spiro atoms. The van der Waals surface area contributed by atoms with Gasteiger partial charge in [-0.3, -0.25) is 0 Å². The van der Waals surface area contributed by atoms with Crippen molar-refractivity contribution in [2.24, 2.45) is 0 Å². The zero-order valence-corrected chi connectivity index (χ0v) is 14.8. The Morgan fingerprint density at radius 2 is 1.25 bits per heavy atom. The molecular formula is C18H12ClN3S2. The number of hydrogen-bond donors (Lipinski definition) is 1. The van der Waals surface area contributed by atoms with Gasteiger partial charge in [-0.15, -0.1) is 22.7 Å². The molecule has 4 aromatic rings. The molecule has 0 bridgehead atoms. The summed E-state index contributed by atoms with van der Waals surface area (Å²) in [6.45, 7) is 0. The van der Waals surface area contributed by atoms with Crippen molar-refractivity contribution < 1.29 is 0 Å². The second-order valence-corrected chi connectivity index (χ2v) is 7.38. The van der Waals surface area contributed by atoms with Crippen LogP contribution in [0.2, 0.25) is 5.02 Å². The van der Waals surface area contributed by atoms with E-state index in [-0.39, 0.29) is 0 Å². The number of hydrogen-bond acceptors (Lipinski definition) is 5. The molecule has 0 fully saturated rings. The third kappa shape index (κ3) is 3.06. The summed E-state index contributed by atoms with van der Waals surface area (Å²) in [5.74, 6) is 0. The predicted molar refractivity (Wildman–Crippen MR) is 104 cm³/mol. The Balaban J connectivity index is 1.61. The van der Waals surface area contributed by atoms with Gasteiger partial charge in [0.2, 0.25) is 0 Å². The van der Waals surface area contributed by atoms with Crippen molar-refractivity contribution in [2.75, 3.05) is 5.73 Å². The summed E-state index contributed by atoms with van der Waals surface area (Å²) in [7, 11) is 0. The summed E-state index contributed by atoms with van der Waals surface area (Å²) in [5, 5.41) is 6.33. The van der Waals surface area contributed by atoms with E-state index in [1.165, 1.54) is 11.3 Å². The van der Waals surface area contributed by atoms with Crippen LogP contribution >= 0.6 is 34.3 Å². The zero-order valence-electron chi connectivity index (χ0n) is 12.4. The first-order valence-corrected chi connectivity index (χ1v) is 9.36. The average molecular weight is 370 g/mol. The summed E-state index contributed by atoms with van der Waals surface area (Å²) in [6, 6.07) is 16.0. The first kappa shape index (κ1) is 15.3. The Labute approximate surface area is 152 Å². The molecular weight excluding hydrogens is 358 g/mol. The molecule has 2 aromatic heterocycles. The molecule has 24 heavy (non-hydrogen) atoms. The standard InChI is InChI=1S/C18H12ClN3S2/c19-14-7-5-12(6-8-14)15-9-23-17(21-15)13-3-1-11(2-4-13)16-10-24-18(20)22-16/h1-10H,(H2,20,22). The average Bonchev–Trinajstić information content (AvgIpc) is 3.25. The minimum Gasteiger partial charge on any atom is -0.375 e. The molecule has 0 aliphatic heterocycles. The van der Waals surface area contributed by atoms with E-state index in [1.807, 2.05) is 41.8 Å². The minimum absolute atomic E-state index is 0.585. The molecule has 0 unspecified atom stereocenters. The van der Waals surface area contributed by atoms with Gasteiger partial charge in [0.25, 0.3) is 0 Å². The number of thiazole rings is 2. The summed E-state index contributed by atoms with van der Waals surface area (Å²) < 4.78 is 0. The second-order valence-electron chi connectivity index (χ2n) is 5.19. The molecule has 0 atom stereocenters. The van der Waals surface area contributed by atoms with Gasteiger partial charge in [-0.25, -0.2) is 9.97 Å². The smallest absolute Gasteiger partial charge is 0.180 e.